The van der Waals surface area contributed by atoms with E-state index in [9.17, 15) is 4.39 Å². The van der Waals surface area contributed by atoms with Gasteiger partial charge in [-0.1, -0.05) is 13.8 Å². The molecule has 2 rings (SSSR count). The Labute approximate surface area is 122 Å². The van der Waals surface area contributed by atoms with Crippen LogP contribution in [0, 0.1) is 5.82 Å². The van der Waals surface area contributed by atoms with E-state index < -0.39 is 0 Å². The maximum atomic E-state index is 13.2. The molecular formula is C14H18FN5O. The van der Waals surface area contributed by atoms with Crippen molar-refractivity contribution >= 4 is 17.3 Å². The summed E-state index contributed by atoms with van der Waals surface area (Å²) in [5.41, 5.74) is 4.01. The molecule has 21 heavy (non-hydrogen) atoms. The normalized spacial score (nSPS) is 10.6. The second-order valence-electron chi connectivity index (χ2n) is 4.75. The smallest absolute Gasteiger partial charge is 0.148 e. The molecule has 1 aromatic heterocycles. The minimum Gasteiger partial charge on any atom is -0.494 e. The number of aromatic nitrogens is 2. The Morgan fingerprint density at radius 1 is 1.24 bits per heavy atom. The molecule has 0 aliphatic rings. The first-order valence-corrected chi connectivity index (χ1v) is 6.49. The number of methoxy groups -OCH3 is 1. The quantitative estimate of drug-likeness (QED) is 0.580. The van der Waals surface area contributed by atoms with Crippen LogP contribution in [-0.4, -0.2) is 17.1 Å². The molecule has 6 nitrogen and oxygen atoms in total. The van der Waals surface area contributed by atoms with Gasteiger partial charge in [0.05, 0.1) is 12.8 Å². The number of hydrogen-bond acceptors (Lipinski definition) is 6. The molecule has 2 aromatic rings. The summed E-state index contributed by atoms with van der Waals surface area (Å²) in [4.78, 5) is 8.33. The number of nitrogen functional groups attached to an aromatic ring is 1. The van der Waals surface area contributed by atoms with Crippen LogP contribution >= 0.6 is 0 Å². The Morgan fingerprint density at radius 2 is 1.95 bits per heavy atom. The van der Waals surface area contributed by atoms with E-state index in [4.69, 9.17) is 10.6 Å². The molecule has 0 radical (unpaired) electrons. The Kier molecular flexibility index (Phi) is 4.54. The van der Waals surface area contributed by atoms with E-state index in [1.54, 1.807) is 6.07 Å². The van der Waals surface area contributed by atoms with Gasteiger partial charge in [-0.15, -0.1) is 0 Å². The van der Waals surface area contributed by atoms with Crippen molar-refractivity contribution in [3.05, 3.63) is 35.9 Å². The van der Waals surface area contributed by atoms with Crippen LogP contribution in [0.2, 0.25) is 0 Å². The summed E-state index contributed by atoms with van der Waals surface area (Å²) < 4.78 is 18.4. The number of halogens is 1. The molecule has 0 saturated carbocycles. The van der Waals surface area contributed by atoms with Gasteiger partial charge in [0.2, 0.25) is 0 Å². The van der Waals surface area contributed by atoms with Crippen LogP contribution in [0.15, 0.2) is 24.5 Å². The number of nitrogens with one attached hydrogen (secondary N) is 2. The van der Waals surface area contributed by atoms with Crippen LogP contribution in [0.5, 0.6) is 5.75 Å². The highest BCUT2D eigenvalue weighted by atomic mass is 19.1. The van der Waals surface area contributed by atoms with Crippen LogP contribution in [0.1, 0.15) is 25.3 Å². The second-order valence-corrected chi connectivity index (χ2v) is 4.75. The van der Waals surface area contributed by atoms with Crippen molar-refractivity contribution in [3.63, 3.8) is 0 Å². The lowest BCUT2D eigenvalue weighted by molar-refractivity contribution is 0.413. The molecule has 112 valence electrons. The van der Waals surface area contributed by atoms with Gasteiger partial charge in [-0.25, -0.2) is 20.2 Å². The van der Waals surface area contributed by atoms with E-state index >= 15 is 0 Å². The second kappa shape index (κ2) is 6.36. The van der Waals surface area contributed by atoms with Crippen LogP contribution in [0.25, 0.3) is 0 Å². The summed E-state index contributed by atoms with van der Waals surface area (Å²) in [6.07, 6.45) is 1.40. The zero-order chi connectivity index (χ0) is 15.4. The number of hydrogen-bond donors (Lipinski definition) is 3. The largest absolute Gasteiger partial charge is 0.494 e. The van der Waals surface area contributed by atoms with Gasteiger partial charge >= 0.3 is 0 Å². The fourth-order valence-electron chi connectivity index (χ4n) is 2.05. The zero-order valence-electron chi connectivity index (χ0n) is 12.1. The third-order valence-electron chi connectivity index (χ3n) is 3.01. The fourth-order valence-corrected chi connectivity index (χ4v) is 2.05. The summed E-state index contributed by atoms with van der Waals surface area (Å²) in [5.74, 6) is 6.80. The summed E-state index contributed by atoms with van der Waals surface area (Å²) in [5, 5.41) is 3.14. The van der Waals surface area contributed by atoms with Crippen molar-refractivity contribution in [3.8, 4) is 5.75 Å². The summed E-state index contributed by atoms with van der Waals surface area (Å²) in [6.45, 7) is 4.01. The van der Waals surface area contributed by atoms with Gasteiger partial charge in [0.25, 0.3) is 0 Å². The molecule has 4 N–H and O–H groups in total. The van der Waals surface area contributed by atoms with Gasteiger partial charge in [-0.3, -0.25) is 0 Å². The van der Waals surface area contributed by atoms with Crippen molar-refractivity contribution in [2.75, 3.05) is 17.9 Å². The van der Waals surface area contributed by atoms with Crippen LogP contribution in [0.4, 0.5) is 21.7 Å². The predicted molar refractivity (Wildman–Crippen MR) is 80.2 cm³/mol. The molecule has 0 unspecified atom stereocenters. The summed E-state index contributed by atoms with van der Waals surface area (Å²) in [7, 11) is 1.48. The van der Waals surface area contributed by atoms with Crippen molar-refractivity contribution < 1.29 is 9.13 Å². The molecule has 7 heteroatoms. The lowest BCUT2D eigenvalue weighted by Crippen LogP contribution is -2.14. The monoisotopic (exact) mass is 291 g/mol. The van der Waals surface area contributed by atoms with Crippen molar-refractivity contribution in [2.24, 2.45) is 5.84 Å². The van der Waals surface area contributed by atoms with Crippen molar-refractivity contribution in [1.82, 2.24) is 9.97 Å². The maximum Gasteiger partial charge on any atom is 0.148 e. The molecule has 1 heterocycles. The van der Waals surface area contributed by atoms with Crippen molar-refractivity contribution in [1.29, 1.82) is 0 Å². The first-order chi connectivity index (χ1) is 10.1. The van der Waals surface area contributed by atoms with Gasteiger partial charge in [0.15, 0.2) is 0 Å². The minimum absolute atomic E-state index is 0.145. The standard InChI is InChI=1S/C14H18FN5O/c1-8(2)12-13(17-7-18-14(12)20-16)19-10-5-4-9(15)6-11(10)21-3/h4-8H,16H2,1-3H3,(H2,17,18,19,20). The highest BCUT2D eigenvalue weighted by molar-refractivity contribution is 5.69. The van der Waals surface area contributed by atoms with E-state index in [1.165, 1.54) is 25.6 Å². The maximum absolute atomic E-state index is 13.2. The average Bonchev–Trinajstić information content (AvgIpc) is 2.48. The van der Waals surface area contributed by atoms with Crippen LogP contribution in [0.3, 0.4) is 0 Å². The van der Waals surface area contributed by atoms with E-state index in [1.807, 2.05) is 13.8 Å². The highest BCUT2D eigenvalue weighted by Crippen LogP contribution is 2.33. The summed E-state index contributed by atoms with van der Waals surface area (Å²) in [6, 6.07) is 4.25. The average molecular weight is 291 g/mol. The molecule has 0 aliphatic carbocycles. The SMILES string of the molecule is COc1cc(F)ccc1Nc1ncnc(NN)c1C(C)C. The molecule has 0 aliphatic heterocycles. The Bertz CT molecular complexity index is 633. The number of rotatable bonds is 5. The van der Waals surface area contributed by atoms with E-state index in [2.05, 4.69) is 20.7 Å². The van der Waals surface area contributed by atoms with Crippen LogP contribution < -0.4 is 21.3 Å². The van der Waals surface area contributed by atoms with Gasteiger partial charge < -0.3 is 15.5 Å². The molecule has 0 atom stereocenters. The third-order valence-corrected chi connectivity index (χ3v) is 3.01. The summed E-state index contributed by atoms with van der Waals surface area (Å²) >= 11 is 0. The predicted octanol–water partition coefficient (Wildman–Crippen LogP) is 2.78. The first-order valence-electron chi connectivity index (χ1n) is 6.49. The van der Waals surface area contributed by atoms with Gasteiger partial charge in [-0.2, -0.15) is 0 Å². The molecule has 0 saturated heterocycles. The van der Waals surface area contributed by atoms with E-state index in [0.29, 0.717) is 23.1 Å². The lowest BCUT2D eigenvalue weighted by atomic mass is 10.0. The minimum atomic E-state index is -0.367. The molecule has 0 spiro atoms. The number of nitrogens with zero attached hydrogens (tertiary/aromatic N) is 2. The molecule has 0 bridgehead atoms. The van der Waals surface area contributed by atoms with Gasteiger partial charge in [0.1, 0.15) is 29.5 Å². The van der Waals surface area contributed by atoms with Gasteiger partial charge in [-0.05, 0) is 18.1 Å². The Hall–Kier alpha value is -2.41. The number of nitrogens with two attached hydrogens (primary N) is 1. The number of ether oxygens (including phenoxy) is 1. The van der Waals surface area contributed by atoms with Crippen molar-refractivity contribution in [2.45, 2.75) is 19.8 Å². The number of benzene rings is 1. The van der Waals surface area contributed by atoms with Crippen LogP contribution in [-0.2, 0) is 0 Å². The number of anilines is 3. The fraction of sp³-hybridized carbons (Fsp3) is 0.286. The highest BCUT2D eigenvalue weighted by Gasteiger charge is 2.16. The molecule has 0 amide bonds. The lowest BCUT2D eigenvalue weighted by Gasteiger charge is -2.17. The molecule has 1 aromatic carbocycles. The van der Waals surface area contributed by atoms with E-state index in [-0.39, 0.29) is 11.7 Å². The topological polar surface area (TPSA) is 85.1 Å². The molecule has 0 fully saturated rings. The zero-order valence-corrected chi connectivity index (χ0v) is 12.1. The van der Waals surface area contributed by atoms with E-state index in [0.717, 1.165) is 5.56 Å². The first kappa shape index (κ1) is 15.0. The number of hydrazine groups is 1. The van der Waals surface area contributed by atoms with Gasteiger partial charge in [0, 0.05) is 11.6 Å². The Morgan fingerprint density at radius 3 is 2.57 bits per heavy atom. The Balaban J connectivity index is 2.44. The third kappa shape index (κ3) is 3.19. The molecular weight excluding hydrogens is 273 g/mol.